The lowest BCUT2D eigenvalue weighted by atomic mass is 10.2. The number of amides is 1. The molecule has 2 heterocycles. The summed E-state index contributed by atoms with van der Waals surface area (Å²) in [4.78, 5) is 20.3. The molecule has 5 heteroatoms. The largest absolute Gasteiger partial charge is 0.331 e. The first-order valence-electron chi connectivity index (χ1n) is 7.91. The van der Waals surface area contributed by atoms with Crippen molar-refractivity contribution in [2.45, 2.75) is 33.4 Å². The second-order valence-electron chi connectivity index (χ2n) is 5.96. The van der Waals surface area contributed by atoms with E-state index in [1.807, 2.05) is 41.5 Å². The summed E-state index contributed by atoms with van der Waals surface area (Å²) < 4.78 is 0. The molecule has 3 nitrogen and oxygen atoms in total. The first kappa shape index (κ1) is 16.9. The molecule has 0 saturated heterocycles. The molecule has 0 aliphatic rings. The molecule has 0 N–H and O–H groups in total. The van der Waals surface area contributed by atoms with Gasteiger partial charge in [0.25, 0.3) is 5.91 Å². The summed E-state index contributed by atoms with van der Waals surface area (Å²) >= 11 is 3.13. The quantitative estimate of drug-likeness (QED) is 0.627. The van der Waals surface area contributed by atoms with E-state index in [1.165, 1.54) is 11.3 Å². The average molecular weight is 357 g/mol. The van der Waals surface area contributed by atoms with Crippen LogP contribution in [0.5, 0.6) is 0 Å². The number of nitrogens with zero attached hydrogens (tertiary/aromatic N) is 2. The highest BCUT2D eigenvalue weighted by Crippen LogP contribution is 2.30. The molecular weight excluding hydrogens is 336 g/mol. The Labute approximate surface area is 150 Å². The number of hydrogen-bond donors (Lipinski definition) is 0. The minimum absolute atomic E-state index is 0.0605. The molecule has 0 radical (unpaired) electrons. The molecule has 0 aliphatic heterocycles. The Morgan fingerprint density at radius 2 is 1.96 bits per heavy atom. The molecule has 3 rings (SSSR count). The van der Waals surface area contributed by atoms with Crippen molar-refractivity contribution in [3.63, 3.8) is 0 Å². The maximum absolute atomic E-state index is 13.1. The molecule has 0 bridgehead atoms. The average Bonchev–Trinajstić information content (AvgIpc) is 3.22. The summed E-state index contributed by atoms with van der Waals surface area (Å²) in [5, 5.41) is 5.01. The van der Waals surface area contributed by atoms with E-state index in [0.29, 0.717) is 6.54 Å². The zero-order valence-corrected chi connectivity index (χ0v) is 15.7. The maximum atomic E-state index is 13.1. The van der Waals surface area contributed by atoms with Gasteiger partial charge >= 0.3 is 0 Å². The van der Waals surface area contributed by atoms with Crippen molar-refractivity contribution in [3.8, 4) is 10.6 Å². The van der Waals surface area contributed by atoms with Crippen LogP contribution in [0.15, 0.2) is 47.2 Å². The Hall–Kier alpha value is -1.98. The Bertz CT molecular complexity index is 807. The predicted molar refractivity (Wildman–Crippen MR) is 102 cm³/mol. The Balaban J connectivity index is 1.88. The van der Waals surface area contributed by atoms with Crippen LogP contribution in [0, 0.1) is 6.92 Å². The van der Waals surface area contributed by atoms with Gasteiger partial charge in [-0.3, -0.25) is 4.79 Å². The lowest BCUT2D eigenvalue weighted by Crippen LogP contribution is -2.36. The molecule has 1 aromatic carbocycles. The van der Waals surface area contributed by atoms with Gasteiger partial charge < -0.3 is 4.90 Å². The molecule has 0 saturated carbocycles. The molecule has 1 amide bonds. The van der Waals surface area contributed by atoms with Gasteiger partial charge in [-0.2, -0.15) is 11.3 Å². The standard InChI is InChI=1S/C19H20N2OS2/c1-13(2)21(11-15-7-5-4-6-8-15)19(22)17-14(3)20-18(24-17)16-9-10-23-12-16/h4-10,12-13H,11H2,1-3H3. The topological polar surface area (TPSA) is 33.2 Å². The predicted octanol–water partition coefficient (Wildman–Crippen LogP) is 5.23. The normalized spacial score (nSPS) is 11.0. The molecule has 0 unspecified atom stereocenters. The lowest BCUT2D eigenvalue weighted by Gasteiger charge is -2.26. The van der Waals surface area contributed by atoms with Crippen molar-refractivity contribution in [2.24, 2.45) is 0 Å². The van der Waals surface area contributed by atoms with Crippen LogP contribution < -0.4 is 0 Å². The number of carbonyl (C=O) groups is 1. The van der Waals surface area contributed by atoms with E-state index in [4.69, 9.17) is 0 Å². The smallest absolute Gasteiger partial charge is 0.266 e. The van der Waals surface area contributed by atoms with Gasteiger partial charge in [-0.25, -0.2) is 4.98 Å². The van der Waals surface area contributed by atoms with Gasteiger partial charge in [-0.1, -0.05) is 30.3 Å². The SMILES string of the molecule is Cc1nc(-c2ccsc2)sc1C(=O)N(Cc1ccccc1)C(C)C. The van der Waals surface area contributed by atoms with Crippen molar-refractivity contribution >= 4 is 28.6 Å². The van der Waals surface area contributed by atoms with Crippen molar-refractivity contribution in [2.75, 3.05) is 0 Å². The van der Waals surface area contributed by atoms with E-state index < -0.39 is 0 Å². The fourth-order valence-electron chi connectivity index (χ4n) is 2.50. The number of hydrogen-bond acceptors (Lipinski definition) is 4. The molecule has 0 atom stereocenters. The Morgan fingerprint density at radius 3 is 2.58 bits per heavy atom. The zero-order chi connectivity index (χ0) is 17.1. The molecule has 0 spiro atoms. The van der Waals surface area contributed by atoms with Crippen LogP contribution in [0.1, 0.15) is 34.8 Å². The van der Waals surface area contributed by atoms with Crippen LogP contribution in [-0.4, -0.2) is 21.8 Å². The van der Waals surface area contributed by atoms with Gasteiger partial charge in [0.05, 0.1) is 5.69 Å². The zero-order valence-electron chi connectivity index (χ0n) is 14.0. The van der Waals surface area contributed by atoms with E-state index in [0.717, 1.165) is 26.7 Å². The molecular formula is C19H20N2OS2. The number of thiazole rings is 1. The van der Waals surface area contributed by atoms with Crippen LogP contribution in [-0.2, 0) is 6.54 Å². The number of aromatic nitrogens is 1. The first-order chi connectivity index (χ1) is 11.6. The summed E-state index contributed by atoms with van der Waals surface area (Å²) in [7, 11) is 0. The van der Waals surface area contributed by atoms with Crippen LogP contribution >= 0.6 is 22.7 Å². The van der Waals surface area contributed by atoms with E-state index in [2.05, 4.69) is 36.3 Å². The van der Waals surface area contributed by atoms with Gasteiger partial charge in [0.15, 0.2) is 0 Å². The highest BCUT2D eigenvalue weighted by Gasteiger charge is 2.24. The van der Waals surface area contributed by atoms with Crippen LogP contribution in [0.3, 0.4) is 0 Å². The van der Waals surface area contributed by atoms with Crippen molar-refractivity contribution < 1.29 is 4.79 Å². The van der Waals surface area contributed by atoms with Crippen molar-refractivity contribution in [1.29, 1.82) is 0 Å². The third-order valence-electron chi connectivity index (χ3n) is 3.84. The van der Waals surface area contributed by atoms with Crippen molar-refractivity contribution in [1.82, 2.24) is 9.88 Å². The summed E-state index contributed by atoms with van der Waals surface area (Å²) in [6.07, 6.45) is 0. The Morgan fingerprint density at radius 1 is 1.21 bits per heavy atom. The molecule has 2 aromatic heterocycles. The summed E-state index contributed by atoms with van der Waals surface area (Å²) in [5.41, 5.74) is 3.04. The molecule has 0 fully saturated rings. The van der Waals surface area contributed by atoms with E-state index >= 15 is 0 Å². The van der Waals surface area contributed by atoms with Crippen molar-refractivity contribution in [3.05, 3.63) is 63.3 Å². The highest BCUT2D eigenvalue weighted by atomic mass is 32.1. The maximum Gasteiger partial charge on any atom is 0.266 e. The minimum atomic E-state index is 0.0605. The van der Waals surface area contributed by atoms with E-state index in [9.17, 15) is 4.79 Å². The highest BCUT2D eigenvalue weighted by molar-refractivity contribution is 7.17. The number of thiophene rings is 1. The lowest BCUT2D eigenvalue weighted by molar-refractivity contribution is 0.0694. The summed E-state index contributed by atoms with van der Waals surface area (Å²) in [6, 6.07) is 12.3. The number of benzene rings is 1. The van der Waals surface area contributed by atoms with Crippen LogP contribution in [0.25, 0.3) is 10.6 Å². The van der Waals surface area contributed by atoms with E-state index in [1.54, 1.807) is 11.3 Å². The minimum Gasteiger partial charge on any atom is -0.331 e. The third-order valence-corrected chi connectivity index (χ3v) is 5.72. The van der Waals surface area contributed by atoms with Gasteiger partial charge in [0, 0.05) is 23.5 Å². The van der Waals surface area contributed by atoms with Gasteiger partial charge in [-0.05, 0) is 37.8 Å². The third kappa shape index (κ3) is 3.57. The second kappa shape index (κ2) is 7.28. The van der Waals surface area contributed by atoms with Gasteiger partial charge in [0.2, 0.25) is 0 Å². The number of aryl methyl sites for hydroxylation is 1. The number of carbonyl (C=O) groups excluding carboxylic acids is 1. The number of rotatable bonds is 5. The molecule has 124 valence electrons. The first-order valence-corrected chi connectivity index (χ1v) is 9.67. The monoisotopic (exact) mass is 356 g/mol. The van der Waals surface area contributed by atoms with Crippen LogP contribution in [0.4, 0.5) is 0 Å². The van der Waals surface area contributed by atoms with E-state index in [-0.39, 0.29) is 11.9 Å². The van der Waals surface area contributed by atoms with Gasteiger partial charge in [0.1, 0.15) is 9.88 Å². The summed E-state index contributed by atoms with van der Waals surface area (Å²) in [6.45, 7) is 6.64. The molecule has 24 heavy (non-hydrogen) atoms. The van der Waals surface area contributed by atoms with Gasteiger partial charge in [-0.15, -0.1) is 11.3 Å². The Kier molecular flexibility index (Phi) is 5.11. The van der Waals surface area contributed by atoms with Crippen LogP contribution in [0.2, 0.25) is 0 Å². The second-order valence-corrected chi connectivity index (χ2v) is 7.74. The molecule has 3 aromatic rings. The fourth-order valence-corrected chi connectivity index (χ4v) is 4.24. The summed E-state index contributed by atoms with van der Waals surface area (Å²) in [5.74, 6) is 0.0605. The fraction of sp³-hybridized carbons (Fsp3) is 0.263. The molecule has 0 aliphatic carbocycles.